The van der Waals surface area contributed by atoms with Crippen molar-refractivity contribution in [1.82, 2.24) is 0 Å². The second-order valence-electron chi connectivity index (χ2n) is 5.09. The third-order valence-electron chi connectivity index (χ3n) is 3.88. The molecule has 2 heteroatoms. The lowest BCUT2D eigenvalue weighted by molar-refractivity contribution is -0.112. The molecule has 0 spiro atoms. The minimum absolute atomic E-state index is 0.156. The van der Waals surface area contributed by atoms with Gasteiger partial charge in [0.05, 0.1) is 5.02 Å². The van der Waals surface area contributed by atoms with Crippen LogP contribution in [0.4, 0.5) is 0 Å². The quantitative estimate of drug-likeness (QED) is 0.577. The molecule has 0 aliphatic heterocycles. The molecule has 0 amide bonds. The first-order valence-electron chi connectivity index (χ1n) is 6.59. The molecule has 1 aliphatic carbocycles. The summed E-state index contributed by atoms with van der Waals surface area (Å²) in [6.45, 7) is 0. The lowest BCUT2D eigenvalue weighted by atomic mass is 9.97. The van der Waals surface area contributed by atoms with Gasteiger partial charge in [-0.2, -0.15) is 0 Å². The number of carbonyl (C=O) groups is 1. The first-order chi connectivity index (χ1) is 9.74. The van der Waals surface area contributed by atoms with Crippen LogP contribution in [0.25, 0.3) is 33.7 Å². The molecule has 0 saturated carbocycles. The van der Waals surface area contributed by atoms with Crippen LogP contribution in [-0.4, -0.2) is 5.78 Å². The Bertz CT molecular complexity index is 999. The predicted molar refractivity (Wildman–Crippen MR) is 84.3 cm³/mol. The second kappa shape index (κ2) is 4.19. The summed E-state index contributed by atoms with van der Waals surface area (Å²) in [6, 6.07) is 14.3. The fourth-order valence-electron chi connectivity index (χ4n) is 2.91. The Kier molecular flexibility index (Phi) is 2.45. The number of fused-ring (bicyclic) bond motifs is 4. The number of ketones is 1. The van der Waals surface area contributed by atoms with E-state index in [-0.39, 0.29) is 5.78 Å². The molecule has 0 radical (unpaired) electrons. The standard InChI is InChI=1S/C18H11ClO/c19-18-15-4-2-1-3-11(15)10-17-14-8-6-13(20)9-12(14)5-7-16(17)18/h1-5,7-10H,6H2. The van der Waals surface area contributed by atoms with Crippen molar-refractivity contribution in [3.8, 4) is 0 Å². The van der Waals surface area contributed by atoms with Crippen LogP contribution in [0.1, 0.15) is 6.42 Å². The highest BCUT2D eigenvalue weighted by molar-refractivity contribution is 6.40. The summed E-state index contributed by atoms with van der Waals surface area (Å²) in [5, 5.41) is 7.25. The molecule has 0 N–H and O–H groups in total. The SMILES string of the molecule is O=C1C=c2ccc3c(Cl)c4ccccc4cc3c2=CC1. The van der Waals surface area contributed by atoms with Crippen LogP contribution in [0.15, 0.2) is 42.5 Å². The molecular formula is C18H11ClO. The first kappa shape index (κ1) is 11.7. The van der Waals surface area contributed by atoms with E-state index in [1.54, 1.807) is 6.08 Å². The van der Waals surface area contributed by atoms with Gasteiger partial charge in [-0.25, -0.2) is 0 Å². The van der Waals surface area contributed by atoms with Crippen LogP contribution in [-0.2, 0) is 4.79 Å². The predicted octanol–water partition coefficient (Wildman–Crippen LogP) is 3.18. The van der Waals surface area contributed by atoms with Gasteiger partial charge in [0.2, 0.25) is 0 Å². The van der Waals surface area contributed by atoms with Crippen LogP contribution in [0.5, 0.6) is 0 Å². The Hall–Kier alpha value is -2.12. The van der Waals surface area contributed by atoms with Gasteiger partial charge in [-0.3, -0.25) is 4.79 Å². The maximum Gasteiger partial charge on any atom is 0.160 e. The van der Waals surface area contributed by atoms with Crippen molar-refractivity contribution >= 4 is 51.1 Å². The van der Waals surface area contributed by atoms with Crippen molar-refractivity contribution in [3.05, 3.63) is 57.9 Å². The van der Waals surface area contributed by atoms with E-state index >= 15 is 0 Å². The monoisotopic (exact) mass is 278 g/mol. The number of carbonyl (C=O) groups excluding carboxylic acids is 1. The largest absolute Gasteiger partial charge is 0.294 e. The molecule has 0 atom stereocenters. The topological polar surface area (TPSA) is 17.1 Å². The van der Waals surface area contributed by atoms with Gasteiger partial charge in [0.1, 0.15) is 0 Å². The average Bonchev–Trinajstić information content (AvgIpc) is 2.47. The number of rotatable bonds is 0. The molecule has 4 rings (SSSR count). The zero-order chi connectivity index (χ0) is 13.7. The molecule has 3 aromatic carbocycles. The molecular weight excluding hydrogens is 268 g/mol. The van der Waals surface area contributed by atoms with Crippen molar-refractivity contribution in [2.24, 2.45) is 0 Å². The molecule has 0 bridgehead atoms. The molecule has 1 aliphatic rings. The van der Waals surface area contributed by atoms with Gasteiger partial charge < -0.3 is 0 Å². The summed E-state index contributed by atoms with van der Waals surface area (Å²) in [5.74, 6) is 0.156. The molecule has 0 heterocycles. The molecule has 0 fully saturated rings. The Morgan fingerprint density at radius 2 is 1.80 bits per heavy atom. The Morgan fingerprint density at radius 1 is 0.950 bits per heavy atom. The van der Waals surface area contributed by atoms with Gasteiger partial charge in [-0.15, -0.1) is 0 Å². The Balaban J connectivity index is 2.28. The van der Waals surface area contributed by atoms with E-state index in [2.05, 4.69) is 12.1 Å². The van der Waals surface area contributed by atoms with E-state index in [1.807, 2.05) is 36.4 Å². The Morgan fingerprint density at radius 3 is 2.70 bits per heavy atom. The second-order valence-corrected chi connectivity index (χ2v) is 5.47. The van der Waals surface area contributed by atoms with Gasteiger partial charge in [-0.1, -0.05) is 54.1 Å². The molecule has 20 heavy (non-hydrogen) atoms. The van der Waals surface area contributed by atoms with Crippen LogP contribution < -0.4 is 10.4 Å². The van der Waals surface area contributed by atoms with E-state index in [4.69, 9.17) is 11.6 Å². The number of hydrogen-bond acceptors (Lipinski definition) is 1. The first-order valence-corrected chi connectivity index (χ1v) is 6.96. The summed E-state index contributed by atoms with van der Waals surface area (Å²) in [6.07, 6.45) is 4.19. The molecule has 0 saturated heterocycles. The maximum atomic E-state index is 11.5. The minimum Gasteiger partial charge on any atom is -0.294 e. The number of benzene rings is 3. The van der Waals surface area contributed by atoms with Crippen molar-refractivity contribution in [2.75, 3.05) is 0 Å². The van der Waals surface area contributed by atoms with E-state index in [9.17, 15) is 4.79 Å². The lowest BCUT2D eigenvalue weighted by Crippen LogP contribution is -2.29. The van der Waals surface area contributed by atoms with Crippen molar-refractivity contribution < 1.29 is 4.79 Å². The summed E-state index contributed by atoms with van der Waals surface area (Å²) < 4.78 is 0. The van der Waals surface area contributed by atoms with Gasteiger partial charge in [0, 0.05) is 17.2 Å². The smallest absolute Gasteiger partial charge is 0.160 e. The zero-order valence-electron chi connectivity index (χ0n) is 10.7. The molecule has 0 aromatic heterocycles. The van der Waals surface area contributed by atoms with Gasteiger partial charge >= 0.3 is 0 Å². The van der Waals surface area contributed by atoms with E-state index in [1.165, 1.54) is 0 Å². The third-order valence-corrected chi connectivity index (χ3v) is 4.29. The Labute approximate surface area is 120 Å². The highest BCUT2D eigenvalue weighted by Gasteiger charge is 2.09. The van der Waals surface area contributed by atoms with Crippen LogP contribution in [0.2, 0.25) is 5.02 Å². The number of Topliss-reactive ketones (excluding diaryl/α,β-unsaturated/α-hetero) is 1. The van der Waals surface area contributed by atoms with E-state index in [0.717, 1.165) is 37.0 Å². The van der Waals surface area contributed by atoms with Crippen molar-refractivity contribution in [3.63, 3.8) is 0 Å². The van der Waals surface area contributed by atoms with E-state index < -0.39 is 0 Å². The van der Waals surface area contributed by atoms with Crippen LogP contribution >= 0.6 is 11.6 Å². The number of halogens is 1. The van der Waals surface area contributed by atoms with Crippen molar-refractivity contribution in [1.29, 1.82) is 0 Å². The highest BCUT2D eigenvalue weighted by atomic mass is 35.5. The zero-order valence-corrected chi connectivity index (χ0v) is 11.4. The summed E-state index contributed by atoms with van der Waals surface area (Å²) in [7, 11) is 0. The average molecular weight is 279 g/mol. The minimum atomic E-state index is 0.156. The maximum absolute atomic E-state index is 11.5. The summed E-state index contributed by atoms with van der Waals surface area (Å²) >= 11 is 6.55. The lowest BCUT2D eigenvalue weighted by Gasteiger charge is -2.09. The van der Waals surface area contributed by atoms with Gasteiger partial charge in [-0.05, 0) is 33.4 Å². The summed E-state index contributed by atoms with van der Waals surface area (Å²) in [4.78, 5) is 11.5. The van der Waals surface area contributed by atoms with E-state index in [0.29, 0.717) is 6.42 Å². The van der Waals surface area contributed by atoms with Gasteiger partial charge in [0.15, 0.2) is 5.78 Å². The normalized spacial score (nSPS) is 13.9. The molecule has 3 aromatic rings. The molecule has 96 valence electrons. The van der Waals surface area contributed by atoms with Crippen LogP contribution in [0, 0.1) is 0 Å². The van der Waals surface area contributed by atoms with Gasteiger partial charge in [0.25, 0.3) is 0 Å². The summed E-state index contributed by atoms with van der Waals surface area (Å²) in [5.41, 5.74) is 0. The number of hydrogen-bond donors (Lipinski definition) is 0. The fraction of sp³-hybridized carbons (Fsp3) is 0.0556. The molecule has 0 unspecified atom stereocenters. The third kappa shape index (κ3) is 1.60. The highest BCUT2D eigenvalue weighted by Crippen LogP contribution is 2.30. The van der Waals surface area contributed by atoms with Crippen LogP contribution in [0.3, 0.4) is 0 Å². The van der Waals surface area contributed by atoms with Crippen molar-refractivity contribution in [2.45, 2.75) is 6.42 Å². The fourth-order valence-corrected chi connectivity index (χ4v) is 3.25. The molecule has 1 nitrogen and oxygen atoms in total.